The van der Waals surface area contributed by atoms with Crippen molar-refractivity contribution < 1.29 is 14.6 Å². The van der Waals surface area contributed by atoms with Crippen molar-refractivity contribution in [2.45, 2.75) is 51.4 Å². The highest BCUT2D eigenvalue weighted by Gasteiger charge is 2.41. The summed E-state index contributed by atoms with van der Waals surface area (Å²) in [6.07, 6.45) is 0.709. The number of phenolic OH excluding ortho intramolecular Hbond substituents is 1. The van der Waals surface area contributed by atoms with Crippen LogP contribution in [0.15, 0.2) is 48.5 Å². The van der Waals surface area contributed by atoms with Crippen molar-refractivity contribution in [2.75, 3.05) is 0 Å². The lowest BCUT2D eigenvalue weighted by Gasteiger charge is -2.43. The zero-order valence-corrected chi connectivity index (χ0v) is 16.7. The first-order chi connectivity index (χ1) is 12.8. The Balaban J connectivity index is 1.94. The number of hydrogen-bond donors (Lipinski definition) is 2. The molecule has 2 N–H and O–H groups in total. The van der Waals surface area contributed by atoms with Crippen molar-refractivity contribution in [3.8, 4) is 5.75 Å². The molecular formula is C22H26ClNO3. The van der Waals surface area contributed by atoms with Crippen LogP contribution in [-0.2, 0) is 9.53 Å². The number of para-hydroxylation sites is 1. The number of hydrogen-bond acceptors (Lipinski definition) is 3. The molecule has 0 spiro atoms. The van der Waals surface area contributed by atoms with E-state index in [1.54, 1.807) is 12.1 Å². The maximum absolute atomic E-state index is 12.4. The average Bonchev–Trinajstić information content (AvgIpc) is 2.61. The molecule has 27 heavy (non-hydrogen) atoms. The Kier molecular flexibility index (Phi) is 5.78. The highest BCUT2D eigenvalue weighted by molar-refractivity contribution is 6.30. The largest absolute Gasteiger partial charge is 0.508 e. The molecule has 3 atom stereocenters. The number of carbonyl (C=O) groups excluding carboxylic acids is 1. The van der Waals surface area contributed by atoms with Gasteiger partial charge in [-0.15, -0.1) is 0 Å². The Hall–Kier alpha value is -2.04. The fourth-order valence-corrected chi connectivity index (χ4v) is 3.68. The number of rotatable bonds is 4. The van der Waals surface area contributed by atoms with Gasteiger partial charge in [0.15, 0.2) is 0 Å². The molecule has 3 rings (SSSR count). The molecular weight excluding hydrogens is 362 g/mol. The molecule has 1 amide bonds. The maximum atomic E-state index is 12.4. The van der Waals surface area contributed by atoms with E-state index in [1.807, 2.05) is 57.2 Å². The van der Waals surface area contributed by atoms with Crippen LogP contribution in [0.25, 0.3) is 0 Å². The Morgan fingerprint density at radius 3 is 2.41 bits per heavy atom. The summed E-state index contributed by atoms with van der Waals surface area (Å²) in [5, 5.41) is 14.2. The smallest absolute Gasteiger partial charge is 0.222 e. The third kappa shape index (κ3) is 4.63. The number of phenols is 1. The minimum Gasteiger partial charge on any atom is -0.508 e. The molecule has 0 radical (unpaired) electrons. The summed E-state index contributed by atoms with van der Waals surface area (Å²) in [5.74, 6) is 0.129. The van der Waals surface area contributed by atoms with E-state index in [2.05, 4.69) is 5.32 Å². The first-order valence-corrected chi connectivity index (χ1v) is 9.66. The lowest BCUT2D eigenvalue weighted by atomic mass is 9.81. The van der Waals surface area contributed by atoms with Crippen LogP contribution in [0, 0.1) is 5.92 Å². The minimum atomic E-state index is -0.448. The Morgan fingerprint density at radius 1 is 1.15 bits per heavy atom. The first-order valence-electron chi connectivity index (χ1n) is 9.28. The monoisotopic (exact) mass is 387 g/mol. The van der Waals surface area contributed by atoms with E-state index in [9.17, 15) is 9.90 Å². The second-order valence-corrected chi connectivity index (χ2v) is 8.27. The Labute approximate surface area is 165 Å². The van der Waals surface area contributed by atoms with Gasteiger partial charge in [-0.05, 0) is 30.7 Å². The highest BCUT2D eigenvalue weighted by Crippen LogP contribution is 2.45. The lowest BCUT2D eigenvalue weighted by Crippen LogP contribution is -2.52. The summed E-state index contributed by atoms with van der Waals surface area (Å²) in [7, 11) is 0. The number of nitrogens with one attached hydrogen (secondary N) is 1. The first kappa shape index (κ1) is 19.7. The summed E-state index contributed by atoms with van der Waals surface area (Å²) in [4.78, 5) is 12.4. The highest BCUT2D eigenvalue weighted by atomic mass is 35.5. The van der Waals surface area contributed by atoms with Gasteiger partial charge in [0, 0.05) is 34.9 Å². The topological polar surface area (TPSA) is 58.6 Å². The summed E-state index contributed by atoms with van der Waals surface area (Å²) >= 11 is 6.02. The maximum Gasteiger partial charge on any atom is 0.222 e. The second kappa shape index (κ2) is 7.91. The van der Waals surface area contributed by atoms with Crippen LogP contribution in [0.1, 0.15) is 56.9 Å². The van der Waals surface area contributed by atoms with Crippen LogP contribution in [0.2, 0.25) is 5.02 Å². The van der Waals surface area contributed by atoms with E-state index in [1.165, 1.54) is 0 Å². The van der Waals surface area contributed by atoms with Gasteiger partial charge in [-0.25, -0.2) is 0 Å². The minimum absolute atomic E-state index is 0.0188. The van der Waals surface area contributed by atoms with E-state index in [0.29, 0.717) is 17.9 Å². The van der Waals surface area contributed by atoms with Crippen LogP contribution in [0.5, 0.6) is 5.75 Å². The summed E-state index contributed by atoms with van der Waals surface area (Å²) in [6, 6.07) is 14.8. The molecule has 1 heterocycles. The third-order valence-electron chi connectivity index (χ3n) is 5.08. The molecule has 0 unspecified atom stereocenters. The van der Waals surface area contributed by atoms with Crippen molar-refractivity contribution in [1.82, 2.24) is 5.32 Å². The van der Waals surface area contributed by atoms with Crippen molar-refractivity contribution in [3.63, 3.8) is 0 Å². The molecule has 4 nitrogen and oxygen atoms in total. The molecule has 0 aromatic heterocycles. The van der Waals surface area contributed by atoms with Gasteiger partial charge in [-0.3, -0.25) is 4.79 Å². The van der Waals surface area contributed by atoms with E-state index in [0.717, 1.165) is 11.1 Å². The summed E-state index contributed by atoms with van der Waals surface area (Å²) in [5.41, 5.74) is 1.29. The molecule has 1 aliphatic rings. The number of aromatic hydroxyl groups is 1. The fraction of sp³-hybridized carbons (Fsp3) is 0.409. The van der Waals surface area contributed by atoms with Crippen LogP contribution in [0.3, 0.4) is 0 Å². The van der Waals surface area contributed by atoms with Gasteiger partial charge in [-0.1, -0.05) is 55.8 Å². The van der Waals surface area contributed by atoms with Gasteiger partial charge in [0.2, 0.25) is 5.91 Å². The number of halogens is 1. The second-order valence-electron chi connectivity index (χ2n) is 7.84. The molecule has 144 valence electrons. The van der Waals surface area contributed by atoms with Crippen LogP contribution >= 0.6 is 11.6 Å². The van der Waals surface area contributed by atoms with Crippen LogP contribution in [-0.4, -0.2) is 16.6 Å². The van der Waals surface area contributed by atoms with Gasteiger partial charge >= 0.3 is 0 Å². The molecule has 1 aliphatic heterocycles. The van der Waals surface area contributed by atoms with Gasteiger partial charge in [0.25, 0.3) is 0 Å². The van der Waals surface area contributed by atoms with E-state index >= 15 is 0 Å². The zero-order valence-electron chi connectivity index (χ0n) is 15.9. The average molecular weight is 388 g/mol. The molecule has 0 aliphatic carbocycles. The van der Waals surface area contributed by atoms with Crippen molar-refractivity contribution in [1.29, 1.82) is 0 Å². The van der Waals surface area contributed by atoms with Gasteiger partial charge in [0.1, 0.15) is 5.75 Å². The molecule has 0 bridgehead atoms. The fourth-order valence-electron chi connectivity index (χ4n) is 3.56. The number of carbonyl (C=O) groups is 1. The standard InChI is InChI=1S/C22H26ClNO3/c1-14(2)21(26)24-22(3)12-19(15-8-10-16(23)11-9-15)27-20(13-22)17-6-4-5-7-18(17)25/h4-11,14,19-20,25H,12-13H2,1-3H3,(H,24,26)/t19-,20+,22+/m0/s1. The van der Waals surface area contributed by atoms with Gasteiger partial charge in [-0.2, -0.15) is 0 Å². The normalized spacial score (nSPS) is 25.4. The quantitative estimate of drug-likeness (QED) is 0.760. The molecule has 1 saturated heterocycles. The molecule has 1 fully saturated rings. The SMILES string of the molecule is CC(C)C(=O)N[C@]1(C)C[C@@H](c2ccc(Cl)cc2)O[C@@H](c2ccccc2O)C1. The van der Waals surface area contributed by atoms with Crippen molar-refractivity contribution in [2.24, 2.45) is 5.92 Å². The van der Waals surface area contributed by atoms with Crippen molar-refractivity contribution >= 4 is 17.5 Å². The molecule has 5 heteroatoms. The predicted octanol–water partition coefficient (Wildman–Crippen LogP) is 5.17. The zero-order chi connectivity index (χ0) is 19.6. The third-order valence-corrected chi connectivity index (χ3v) is 5.33. The van der Waals surface area contributed by atoms with E-state index < -0.39 is 5.54 Å². The van der Waals surface area contributed by atoms with Gasteiger partial charge < -0.3 is 15.2 Å². The van der Waals surface area contributed by atoms with E-state index in [-0.39, 0.29) is 29.8 Å². The Morgan fingerprint density at radius 2 is 1.78 bits per heavy atom. The Bertz CT molecular complexity index is 805. The summed E-state index contributed by atoms with van der Waals surface area (Å²) < 4.78 is 6.36. The van der Waals surface area contributed by atoms with Crippen LogP contribution in [0.4, 0.5) is 0 Å². The molecule has 2 aromatic rings. The predicted molar refractivity (Wildman–Crippen MR) is 107 cm³/mol. The van der Waals surface area contributed by atoms with E-state index in [4.69, 9.17) is 16.3 Å². The number of benzene rings is 2. The molecule has 2 aromatic carbocycles. The lowest BCUT2D eigenvalue weighted by molar-refractivity contribution is -0.131. The summed E-state index contributed by atoms with van der Waals surface area (Å²) in [6.45, 7) is 5.82. The van der Waals surface area contributed by atoms with Crippen molar-refractivity contribution in [3.05, 3.63) is 64.7 Å². The molecule has 0 saturated carbocycles. The number of amides is 1. The number of ether oxygens (including phenoxy) is 1. The van der Waals surface area contributed by atoms with Crippen LogP contribution < -0.4 is 5.32 Å². The van der Waals surface area contributed by atoms with Gasteiger partial charge in [0.05, 0.1) is 12.2 Å².